The van der Waals surface area contributed by atoms with Crippen LogP contribution in [-0.2, 0) is 25.9 Å². The van der Waals surface area contributed by atoms with Crippen LogP contribution in [0.2, 0.25) is 0 Å². The Labute approximate surface area is 172 Å². The zero-order valence-corrected chi connectivity index (χ0v) is 18.0. The second kappa shape index (κ2) is 8.78. The number of hydrogen-bond acceptors (Lipinski definition) is 4. The van der Waals surface area contributed by atoms with Gasteiger partial charge >= 0.3 is 0 Å². The molecule has 5 nitrogen and oxygen atoms in total. The summed E-state index contributed by atoms with van der Waals surface area (Å²) >= 11 is 1.82. The van der Waals surface area contributed by atoms with Gasteiger partial charge < -0.3 is 4.90 Å². The number of carbonyl (C=O) groups excluding carboxylic acids is 1. The fourth-order valence-corrected chi connectivity index (χ4v) is 5.45. The summed E-state index contributed by atoms with van der Waals surface area (Å²) in [4.78, 5) is 19.2. The first-order chi connectivity index (χ1) is 13.7. The van der Waals surface area contributed by atoms with Gasteiger partial charge in [-0.3, -0.25) is 14.4 Å². The Kier molecular flexibility index (Phi) is 6.16. The lowest BCUT2D eigenvalue weighted by Gasteiger charge is -2.31. The predicted molar refractivity (Wildman–Crippen MR) is 114 cm³/mol. The van der Waals surface area contributed by atoms with Crippen molar-refractivity contribution in [2.75, 3.05) is 20.1 Å². The molecule has 2 aliphatic rings. The van der Waals surface area contributed by atoms with Gasteiger partial charge in [0.1, 0.15) is 0 Å². The highest BCUT2D eigenvalue weighted by Crippen LogP contribution is 2.29. The Balaban J connectivity index is 1.55. The van der Waals surface area contributed by atoms with E-state index >= 15 is 0 Å². The third kappa shape index (κ3) is 4.03. The number of aromatic nitrogens is 2. The minimum Gasteiger partial charge on any atom is -0.337 e. The van der Waals surface area contributed by atoms with Crippen LogP contribution in [0.1, 0.15) is 65.7 Å². The average Bonchev–Trinajstić information content (AvgIpc) is 3.26. The number of likely N-dealkylation sites (N-methyl/N-ethyl adjacent to an activating group) is 1. The summed E-state index contributed by atoms with van der Waals surface area (Å²) in [7, 11) is 2.22. The second-order valence-electron chi connectivity index (χ2n) is 8.19. The summed E-state index contributed by atoms with van der Waals surface area (Å²) in [5.74, 6) is 0.159. The third-order valence-corrected chi connectivity index (χ3v) is 7.19. The average molecular weight is 401 g/mol. The molecule has 2 aromatic rings. The molecule has 2 aromatic heterocycles. The van der Waals surface area contributed by atoms with Crippen molar-refractivity contribution in [1.29, 1.82) is 0 Å². The van der Waals surface area contributed by atoms with E-state index in [0.717, 1.165) is 64.0 Å². The Bertz CT molecular complexity index is 790. The monoisotopic (exact) mass is 400 g/mol. The Hall–Kier alpha value is -1.66. The number of nitrogens with zero attached hydrogens (tertiary/aromatic N) is 4. The molecular formula is C22H32N4OS. The molecule has 0 spiro atoms. The lowest BCUT2D eigenvalue weighted by atomic mass is 9.90. The van der Waals surface area contributed by atoms with Gasteiger partial charge in [-0.25, -0.2) is 0 Å². The van der Waals surface area contributed by atoms with E-state index in [-0.39, 0.29) is 5.91 Å². The molecule has 28 heavy (non-hydrogen) atoms. The molecule has 0 bridgehead atoms. The molecule has 1 atom stereocenters. The molecule has 4 rings (SSSR count). The first-order valence-corrected chi connectivity index (χ1v) is 11.7. The van der Waals surface area contributed by atoms with Crippen molar-refractivity contribution < 1.29 is 4.79 Å². The molecule has 1 aliphatic heterocycles. The van der Waals surface area contributed by atoms with Crippen molar-refractivity contribution in [3.05, 3.63) is 39.3 Å². The fraction of sp³-hybridized carbons (Fsp3) is 0.636. The van der Waals surface area contributed by atoms with E-state index in [1.807, 2.05) is 11.3 Å². The molecular weight excluding hydrogens is 368 g/mol. The lowest BCUT2D eigenvalue weighted by Crippen LogP contribution is -2.37. The molecule has 1 amide bonds. The van der Waals surface area contributed by atoms with Crippen LogP contribution in [0.4, 0.5) is 0 Å². The molecule has 3 heterocycles. The van der Waals surface area contributed by atoms with Crippen molar-refractivity contribution in [2.45, 2.75) is 71.0 Å². The number of thiophene rings is 1. The normalized spacial score (nSPS) is 20.2. The molecule has 152 valence electrons. The summed E-state index contributed by atoms with van der Waals surface area (Å²) in [6, 6.07) is 4.80. The maximum absolute atomic E-state index is 13.3. The zero-order chi connectivity index (χ0) is 19.5. The highest BCUT2D eigenvalue weighted by molar-refractivity contribution is 7.09. The van der Waals surface area contributed by atoms with Crippen LogP contribution in [0, 0.1) is 0 Å². The lowest BCUT2D eigenvalue weighted by molar-refractivity contribution is 0.0753. The summed E-state index contributed by atoms with van der Waals surface area (Å²) in [5, 5.41) is 6.94. The number of amides is 1. The highest BCUT2D eigenvalue weighted by Gasteiger charge is 2.32. The number of hydrogen-bond donors (Lipinski definition) is 0. The Morgan fingerprint density at radius 3 is 2.75 bits per heavy atom. The van der Waals surface area contributed by atoms with Crippen molar-refractivity contribution in [3.63, 3.8) is 0 Å². The van der Waals surface area contributed by atoms with E-state index in [9.17, 15) is 4.79 Å². The molecule has 0 N–H and O–H groups in total. The largest absolute Gasteiger partial charge is 0.337 e. The standard InChI is InChI=1S/C22H32N4OS/c1-3-26-20-11-10-17(24(2)16-18-9-8-14-28-18)15-19(20)21(23-26)22(27)25-12-6-4-5-7-13-25/h8-9,14,17H,3-7,10-13,15-16H2,1-2H3/t17-/m1/s1. The maximum Gasteiger partial charge on any atom is 0.274 e. The van der Waals surface area contributed by atoms with Crippen molar-refractivity contribution in [2.24, 2.45) is 0 Å². The van der Waals surface area contributed by atoms with Crippen LogP contribution < -0.4 is 0 Å². The third-order valence-electron chi connectivity index (χ3n) is 6.32. The van der Waals surface area contributed by atoms with E-state index in [0.29, 0.717) is 6.04 Å². The number of likely N-dealkylation sites (tertiary alicyclic amines) is 1. The van der Waals surface area contributed by atoms with Gasteiger partial charge in [-0.1, -0.05) is 18.9 Å². The SMILES string of the molecule is CCn1nc(C(=O)N2CCCCCC2)c2c1CC[C@@H](N(C)Cc1cccs1)C2. The van der Waals surface area contributed by atoms with Crippen LogP contribution in [0.3, 0.4) is 0 Å². The molecule has 1 aliphatic carbocycles. The maximum atomic E-state index is 13.3. The summed E-state index contributed by atoms with van der Waals surface area (Å²) in [6.45, 7) is 5.71. The van der Waals surface area contributed by atoms with Crippen LogP contribution >= 0.6 is 11.3 Å². The Morgan fingerprint density at radius 2 is 2.07 bits per heavy atom. The molecule has 0 unspecified atom stereocenters. The van der Waals surface area contributed by atoms with E-state index in [4.69, 9.17) is 5.10 Å². The molecule has 0 aromatic carbocycles. The summed E-state index contributed by atoms with van der Waals surface area (Å²) in [6.07, 6.45) is 7.80. The number of fused-ring (bicyclic) bond motifs is 1. The highest BCUT2D eigenvalue weighted by atomic mass is 32.1. The van der Waals surface area contributed by atoms with Gasteiger partial charge in [0.15, 0.2) is 5.69 Å². The second-order valence-corrected chi connectivity index (χ2v) is 9.22. The van der Waals surface area contributed by atoms with E-state index in [1.165, 1.54) is 29.0 Å². The van der Waals surface area contributed by atoms with E-state index in [1.54, 1.807) is 0 Å². The van der Waals surface area contributed by atoms with Crippen molar-refractivity contribution in [3.8, 4) is 0 Å². The van der Waals surface area contributed by atoms with Gasteiger partial charge in [0.25, 0.3) is 5.91 Å². The minimum absolute atomic E-state index is 0.159. The number of rotatable bonds is 5. The van der Waals surface area contributed by atoms with E-state index < -0.39 is 0 Å². The van der Waals surface area contributed by atoms with Crippen LogP contribution in [0.15, 0.2) is 17.5 Å². The van der Waals surface area contributed by atoms with Crippen molar-refractivity contribution >= 4 is 17.2 Å². The molecule has 6 heteroatoms. The molecule has 1 fully saturated rings. The molecule has 1 saturated heterocycles. The van der Waals surface area contributed by atoms with Crippen LogP contribution in [-0.4, -0.2) is 51.7 Å². The van der Waals surface area contributed by atoms with Gasteiger partial charge in [0.2, 0.25) is 0 Å². The van der Waals surface area contributed by atoms with Crippen molar-refractivity contribution in [1.82, 2.24) is 19.6 Å². The Morgan fingerprint density at radius 1 is 1.29 bits per heavy atom. The quantitative estimate of drug-likeness (QED) is 0.763. The smallest absolute Gasteiger partial charge is 0.274 e. The zero-order valence-electron chi connectivity index (χ0n) is 17.2. The van der Waals surface area contributed by atoms with Gasteiger partial charge in [-0.05, 0) is 57.5 Å². The van der Waals surface area contributed by atoms with Gasteiger partial charge in [0, 0.05) is 48.4 Å². The fourth-order valence-electron chi connectivity index (χ4n) is 4.68. The predicted octanol–water partition coefficient (Wildman–Crippen LogP) is 3.97. The molecule has 0 radical (unpaired) electrons. The summed E-state index contributed by atoms with van der Waals surface area (Å²) < 4.78 is 2.08. The van der Waals surface area contributed by atoms with Crippen LogP contribution in [0.25, 0.3) is 0 Å². The topological polar surface area (TPSA) is 41.4 Å². The first-order valence-electron chi connectivity index (χ1n) is 10.8. The van der Waals surface area contributed by atoms with Gasteiger partial charge in [-0.15, -0.1) is 11.3 Å². The van der Waals surface area contributed by atoms with Crippen LogP contribution in [0.5, 0.6) is 0 Å². The number of aryl methyl sites for hydroxylation is 1. The van der Waals surface area contributed by atoms with Gasteiger partial charge in [-0.2, -0.15) is 5.10 Å². The summed E-state index contributed by atoms with van der Waals surface area (Å²) in [5.41, 5.74) is 3.24. The van der Waals surface area contributed by atoms with E-state index in [2.05, 4.69) is 46.0 Å². The first kappa shape index (κ1) is 19.6. The van der Waals surface area contributed by atoms with Gasteiger partial charge in [0.05, 0.1) is 0 Å². The molecule has 0 saturated carbocycles. The number of carbonyl (C=O) groups is 1. The minimum atomic E-state index is 0.159.